The van der Waals surface area contributed by atoms with Gasteiger partial charge in [-0.2, -0.15) is 0 Å². The molecule has 0 spiro atoms. The summed E-state index contributed by atoms with van der Waals surface area (Å²) in [6.07, 6.45) is -5.91. The van der Waals surface area contributed by atoms with Crippen molar-refractivity contribution in [1.82, 2.24) is 0 Å². The van der Waals surface area contributed by atoms with Crippen LogP contribution in [0.5, 0.6) is 0 Å². The second-order valence-corrected chi connectivity index (χ2v) is 2.93. The quantitative estimate of drug-likeness (QED) is 0.361. The van der Waals surface area contributed by atoms with Gasteiger partial charge in [0.2, 0.25) is 0 Å². The summed E-state index contributed by atoms with van der Waals surface area (Å²) in [6, 6.07) is 0. The maximum Gasteiger partial charge on any atom is 0.186 e. The van der Waals surface area contributed by atoms with Crippen LogP contribution >= 0.6 is 0 Å². The molecular formula is C7H14O6. The zero-order valence-corrected chi connectivity index (χ0v) is 7.20. The molecule has 0 aliphatic carbocycles. The fraction of sp³-hybridized carbons (Fsp3) is 1.00. The van der Waals surface area contributed by atoms with Crippen molar-refractivity contribution < 1.29 is 29.9 Å². The molecule has 0 saturated carbocycles. The molecule has 6 heteroatoms. The summed E-state index contributed by atoms with van der Waals surface area (Å²) >= 11 is 0. The minimum Gasteiger partial charge on any atom is -0.394 e. The summed E-state index contributed by atoms with van der Waals surface area (Å²) < 4.78 is 9.65. The number of ether oxygens (including phenoxy) is 2. The molecule has 78 valence electrons. The summed E-state index contributed by atoms with van der Waals surface area (Å²) in [6.45, 7) is -0.440. The Hall–Kier alpha value is -0.240. The number of hydrogen-bond acceptors (Lipinski definition) is 6. The predicted octanol–water partition coefficient (Wildman–Crippen LogP) is -2.57. The number of hydrogen-bond donors (Lipinski definition) is 4. The van der Waals surface area contributed by atoms with E-state index in [4.69, 9.17) is 14.6 Å². The predicted molar refractivity (Wildman–Crippen MR) is 40.8 cm³/mol. The van der Waals surface area contributed by atoms with Gasteiger partial charge in [0, 0.05) is 7.11 Å². The topological polar surface area (TPSA) is 99.4 Å². The zero-order chi connectivity index (χ0) is 10.0. The minimum absolute atomic E-state index is 0.440. The van der Waals surface area contributed by atoms with Gasteiger partial charge in [0.15, 0.2) is 6.29 Å². The smallest absolute Gasteiger partial charge is 0.186 e. The molecule has 0 bridgehead atoms. The Labute approximate surface area is 75.3 Å². The van der Waals surface area contributed by atoms with Gasteiger partial charge in [-0.1, -0.05) is 0 Å². The van der Waals surface area contributed by atoms with Crippen LogP contribution in [0.25, 0.3) is 0 Å². The van der Waals surface area contributed by atoms with Gasteiger partial charge in [-0.25, -0.2) is 0 Å². The normalized spacial score (nSPS) is 46.4. The van der Waals surface area contributed by atoms with Crippen LogP contribution in [0.3, 0.4) is 0 Å². The van der Waals surface area contributed by atoms with Crippen LogP contribution in [-0.2, 0) is 9.47 Å². The van der Waals surface area contributed by atoms with Gasteiger partial charge in [-0.05, 0) is 0 Å². The summed E-state index contributed by atoms with van der Waals surface area (Å²) in [5, 5.41) is 36.6. The van der Waals surface area contributed by atoms with E-state index < -0.39 is 37.3 Å². The fourth-order valence-corrected chi connectivity index (χ4v) is 1.26. The van der Waals surface area contributed by atoms with E-state index in [9.17, 15) is 15.3 Å². The average molecular weight is 195 g/mol. The third kappa shape index (κ3) is 1.98. The van der Waals surface area contributed by atoms with E-state index in [0.717, 1.165) is 0 Å². The van der Waals surface area contributed by atoms with Crippen molar-refractivity contribution in [3.63, 3.8) is 0 Å². The first-order chi connectivity index (χ1) is 6.11. The summed E-state index contributed by atoms with van der Waals surface area (Å²) in [5.74, 6) is 0. The molecule has 5 atom stereocenters. The van der Waals surface area contributed by atoms with Crippen molar-refractivity contribution in [3.05, 3.63) is 0 Å². The molecule has 1 saturated heterocycles. The molecule has 0 radical (unpaired) electrons. The molecule has 13 heavy (non-hydrogen) atoms. The largest absolute Gasteiger partial charge is 0.394 e. The highest BCUT2D eigenvalue weighted by Gasteiger charge is 2.43. The monoisotopic (exact) mass is 195 g/mol. The summed E-state index contributed by atoms with van der Waals surface area (Å²) in [5.41, 5.74) is 0. The lowest BCUT2D eigenvalue weighted by Gasteiger charge is -2.38. The molecule has 1 aliphatic heterocycles. The molecule has 1 fully saturated rings. The van der Waals surface area contributed by atoms with Crippen LogP contribution in [-0.4, -0.2) is 64.8 Å². The van der Waals surface area contributed by atoms with E-state index >= 15 is 0 Å². The lowest BCUT2D eigenvalue weighted by atomic mass is 10.0. The second kappa shape index (κ2) is 4.32. The van der Waals surface area contributed by atoms with E-state index in [2.05, 4.69) is 0 Å². The Morgan fingerprint density at radius 1 is 1.15 bits per heavy atom. The number of rotatable bonds is 2. The van der Waals surface area contributed by atoms with Gasteiger partial charge in [0.1, 0.15) is 24.4 Å². The summed E-state index contributed by atoms with van der Waals surface area (Å²) in [7, 11) is 1.30. The Balaban J connectivity index is 2.66. The third-order valence-electron chi connectivity index (χ3n) is 2.08. The second-order valence-electron chi connectivity index (χ2n) is 2.93. The Morgan fingerprint density at radius 2 is 1.77 bits per heavy atom. The lowest BCUT2D eigenvalue weighted by Crippen LogP contribution is -2.58. The molecule has 1 rings (SSSR count). The minimum atomic E-state index is -1.36. The zero-order valence-electron chi connectivity index (χ0n) is 7.20. The van der Waals surface area contributed by atoms with E-state index in [-0.39, 0.29) is 0 Å². The highest BCUT2D eigenvalue weighted by molar-refractivity contribution is 4.88. The van der Waals surface area contributed by atoms with Gasteiger partial charge in [-0.15, -0.1) is 0 Å². The highest BCUT2D eigenvalue weighted by Crippen LogP contribution is 2.20. The number of methoxy groups -OCH3 is 1. The molecule has 1 aliphatic rings. The molecule has 0 aromatic carbocycles. The molecular weight excluding hydrogens is 181 g/mol. The molecule has 1 heterocycles. The molecule has 4 N–H and O–H groups in total. The van der Waals surface area contributed by atoms with Crippen LogP contribution in [0.2, 0.25) is 0 Å². The van der Waals surface area contributed by atoms with Crippen molar-refractivity contribution in [2.45, 2.75) is 30.7 Å². The first-order valence-electron chi connectivity index (χ1n) is 3.95. The summed E-state index contributed by atoms with van der Waals surface area (Å²) in [4.78, 5) is 0. The van der Waals surface area contributed by atoms with Crippen molar-refractivity contribution in [3.8, 4) is 0 Å². The van der Waals surface area contributed by atoms with Gasteiger partial charge in [-0.3, -0.25) is 0 Å². The maximum atomic E-state index is 9.28. The lowest BCUT2D eigenvalue weighted by molar-refractivity contribution is -0.294. The number of aliphatic hydroxyl groups excluding tert-OH is 4. The third-order valence-corrected chi connectivity index (χ3v) is 2.08. The van der Waals surface area contributed by atoms with Crippen molar-refractivity contribution >= 4 is 0 Å². The van der Waals surface area contributed by atoms with E-state index in [0.29, 0.717) is 0 Å². The van der Waals surface area contributed by atoms with Crippen LogP contribution < -0.4 is 0 Å². The Morgan fingerprint density at radius 3 is 2.23 bits per heavy atom. The van der Waals surface area contributed by atoms with Crippen LogP contribution in [0.1, 0.15) is 0 Å². The molecule has 0 unspecified atom stereocenters. The van der Waals surface area contributed by atoms with Crippen LogP contribution in [0.15, 0.2) is 0 Å². The maximum absolute atomic E-state index is 9.28. The van der Waals surface area contributed by atoms with Gasteiger partial charge < -0.3 is 29.9 Å². The van der Waals surface area contributed by atoms with Crippen LogP contribution in [0.4, 0.5) is 0 Å². The Kier molecular flexibility index (Phi) is 3.60. The molecule has 0 amide bonds. The van der Waals surface area contributed by atoms with Gasteiger partial charge in [0.05, 0.1) is 6.61 Å². The van der Waals surface area contributed by atoms with Gasteiger partial charge >= 0.3 is 0 Å². The first-order valence-corrected chi connectivity index (χ1v) is 3.95. The number of aliphatic hydroxyl groups is 4. The van der Waals surface area contributed by atoms with Gasteiger partial charge in [0.25, 0.3) is 0 Å². The van der Waals surface area contributed by atoms with Crippen molar-refractivity contribution in [2.24, 2.45) is 0 Å². The SMILES string of the molecule is CO[13C@H]1O[C@H](CO)[C@@H](O)[C@H](O)[C@H]1O. The van der Waals surface area contributed by atoms with E-state index in [1.54, 1.807) is 0 Å². The first kappa shape index (κ1) is 10.8. The highest BCUT2D eigenvalue weighted by atomic mass is 16.8. The standard InChI is InChI=1S/C7H14O6/c1-12-7-6(11)5(10)4(9)3(2-8)13-7/h3-11H,2H2,1H3/t3-,4-,5+,6-,7+/m1/s1/i7+1. The molecule has 6 nitrogen and oxygen atoms in total. The van der Waals surface area contributed by atoms with E-state index in [1.807, 2.05) is 0 Å². The molecule has 0 aromatic rings. The fourth-order valence-electron chi connectivity index (χ4n) is 1.26. The van der Waals surface area contributed by atoms with Crippen LogP contribution in [0, 0.1) is 0 Å². The van der Waals surface area contributed by atoms with Crippen molar-refractivity contribution in [1.29, 1.82) is 0 Å². The Bertz CT molecular complexity index is 143. The average Bonchev–Trinajstić information content (AvgIpc) is 2.15. The van der Waals surface area contributed by atoms with E-state index in [1.165, 1.54) is 7.11 Å². The molecule has 0 aromatic heterocycles. The van der Waals surface area contributed by atoms with Crippen molar-refractivity contribution in [2.75, 3.05) is 13.7 Å².